The van der Waals surface area contributed by atoms with Gasteiger partial charge in [0, 0.05) is 28.8 Å². The molecule has 0 fully saturated rings. The van der Waals surface area contributed by atoms with E-state index in [0.29, 0.717) is 28.1 Å². The van der Waals surface area contributed by atoms with E-state index in [2.05, 4.69) is 10.6 Å². The summed E-state index contributed by atoms with van der Waals surface area (Å²) in [5.74, 6) is -0.537. The van der Waals surface area contributed by atoms with Crippen LogP contribution in [0.2, 0.25) is 0 Å². The number of benzene rings is 2. The molecule has 0 atom stereocenters. The fraction of sp³-hybridized carbons (Fsp3) is 0.182. The summed E-state index contributed by atoms with van der Waals surface area (Å²) in [6.45, 7) is 1.58. The van der Waals surface area contributed by atoms with E-state index in [1.54, 1.807) is 25.1 Å². The number of carbonyl (C=O) groups excluding carboxylic acids is 3. The molecule has 3 aromatic rings. The third-order valence-electron chi connectivity index (χ3n) is 4.56. The monoisotopic (exact) mass is 438 g/mol. The number of hydrogen-bond donors (Lipinski definition) is 2. The van der Waals surface area contributed by atoms with E-state index in [4.69, 9.17) is 18.6 Å². The number of carbonyl (C=O) groups is 3. The Hall–Kier alpha value is -4.34. The van der Waals surface area contributed by atoms with Gasteiger partial charge in [0.15, 0.2) is 6.61 Å². The van der Waals surface area contributed by atoms with Crippen LogP contribution in [0.3, 0.4) is 0 Å². The van der Waals surface area contributed by atoms with Gasteiger partial charge in [0.2, 0.25) is 0 Å². The molecule has 2 amide bonds. The van der Waals surface area contributed by atoms with Crippen LogP contribution < -0.4 is 21.0 Å². The van der Waals surface area contributed by atoms with E-state index < -0.39 is 17.7 Å². The van der Waals surface area contributed by atoms with Gasteiger partial charge >= 0.3 is 17.7 Å². The lowest BCUT2D eigenvalue weighted by molar-refractivity contribution is -0.118. The first-order valence-electron chi connectivity index (χ1n) is 9.67. The van der Waals surface area contributed by atoms with Crippen molar-refractivity contribution >= 4 is 40.3 Å². The summed E-state index contributed by atoms with van der Waals surface area (Å²) < 4.78 is 20.7. The normalized spacial score (nSPS) is 12.3. The summed E-state index contributed by atoms with van der Waals surface area (Å²) in [6, 6.07) is 10.5. The minimum absolute atomic E-state index is 0.135. The first-order valence-corrected chi connectivity index (χ1v) is 9.67. The average molecular weight is 438 g/mol. The largest absolute Gasteiger partial charge is 0.482 e. The third kappa shape index (κ3) is 4.53. The summed E-state index contributed by atoms with van der Waals surface area (Å²) in [5, 5.41) is 5.71. The van der Waals surface area contributed by atoms with Crippen molar-refractivity contribution in [3.8, 4) is 5.75 Å². The van der Waals surface area contributed by atoms with Crippen molar-refractivity contribution in [3.63, 3.8) is 0 Å². The Bertz CT molecular complexity index is 1280. The summed E-state index contributed by atoms with van der Waals surface area (Å²) in [5.41, 5.74) is 1.11. The molecule has 10 nitrogen and oxygen atoms in total. The van der Waals surface area contributed by atoms with Crippen molar-refractivity contribution < 1.29 is 33.0 Å². The first kappa shape index (κ1) is 20.9. The summed E-state index contributed by atoms with van der Waals surface area (Å²) >= 11 is 0. The van der Waals surface area contributed by atoms with E-state index in [0.717, 1.165) is 0 Å². The predicted molar refractivity (Wildman–Crippen MR) is 113 cm³/mol. The van der Waals surface area contributed by atoms with Gasteiger partial charge in [-0.15, -0.1) is 0 Å². The molecule has 0 spiro atoms. The lowest BCUT2D eigenvalue weighted by Crippen LogP contribution is -2.25. The molecule has 0 aliphatic carbocycles. The Morgan fingerprint density at radius 1 is 1.09 bits per heavy atom. The van der Waals surface area contributed by atoms with Crippen LogP contribution in [0.25, 0.3) is 11.0 Å². The molecule has 2 heterocycles. The van der Waals surface area contributed by atoms with Crippen LogP contribution in [0.15, 0.2) is 51.7 Å². The second-order valence-electron chi connectivity index (χ2n) is 6.77. The Morgan fingerprint density at radius 2 is 1.94 bits per heavy atom. The Balaban J connectivity index is 1.51. The maximum absolute atomic E-state index is 12.5. The molecule has 2 N–H and O–H groups in total. The van der Waals surface area contributed by atoms with Gasteiger partial charge in [0.05, 0.1) is 17.9 Å². The second-order valence-corrected chi connectivity index (χ2v) is 6.77. The molecule has 1 aliphatic heterocycles. The highest BCUT2D eigenvalue weighted by atomic mass is 16.5. The zero-order valence-corrected chi connectivity index (χ0v) is 16.9. The number of hydrogen-bond acceptors (Lipinski definition) is 8. The number of rotatable bonds is 5. The Kier molecular flexibility index (Phi) is 5.75. The number of fused-ring (bicyclic) bond motifs is 2. The van der Waals surface area contributed by atoms with E-state index in [-0.39, 0.29) is 36.9 Å². The number of ether oxygens (including phenoxy) is 3. The molecule has 1 aliphatic rings. The van der Waals surface area contributed by atoms with Crippen molar-refractivity contribution in [1.29, 1.82) is 0 Å². The van der Waals surface area contributed by atoms with E-state index >= 15 is 0 Å². The predicted octanol–water partition coefficient (Wildman–Crippen LogP) is 3.05. The van der Waals surface area contributed by atoms with Gasteiger partial charge in [-0.05, 0) is 37.3 Å². The molecule has 32 heavy (non-hydrogen) atoms. The molecule has 0 unspecified atom stereocenters. The minimum Gasteiger partial charge on any atom is -0.482 e. The first-order chi connectivity index (χ1) is 15.4. The minimum atomic E-state index is -0.632. The van der Waals surface area contributed by atoms with E-state index in [1.165, 1.54) is 24.3 Å². The van der Waals surface area contributed by atoms with Crippen LogP contribution in [0.5, 0.6) is 5.75 Å². The standard InChI is InChI=1S/C22H18N2O8/c1-2-29-22(28)23-14-4-5-15-13(8-20(26)32-17(15)9-14)10-31-21(27)12-3-6-16-18(7-12)30-11-19(25)24-16/h3-9H,2,10-11H2,1H3,(H,23,28)(H,24,25). The summed E-state index contributed by atoms with van der Waals surface area (Å²) in [7, 11) is 0. The molecule has 1 aromatic heterocycles. The van der Waals surface area contributed by atoms with Gasteiger partial charge in [0.25, 0.3) is 5.91 Å². The summed E-state index contributed by atoms with van der Waals surface area (Å²) in [4.78, 5) is 47.4. The van der Waals surface area contributed by atoms with Gasteiger partial charge in [-0.1, -0.05) is 0 Å². The highest BCUT2D eigenvalue weighted by molar-refractivity contribution is 5.97. The van der Waals surface area contributed by atoms with Gasteiger partial charge < -0.3 is 23.9 Å². The van der Waals surface area contributed by atoms with Crippen molar-refractivity contribution in [2.24, 2.45) is 0 Å². The van der Waals surface area contributed by atoms with Gasteiger partial charge in [-0.2, -0.15) is 0 Å². The smallest absolute Gasteiger partial charge is 0.411 e. The number of esters is 1. The Morgan fingerprint density at radius 3 is 2.75 bits per heavy atom. The molecule has 164 valence electrons. The van der Waals surface area contributed by atoms with Crippen LogP contribution in [0, 0.1) is 0 Å². The number of anilines is 2. The molecular formula is C22H18N2O8. The van der Waals surface area contributed by atoms with Crippen LogP contribution in [0.1, 0.15) is 22.8 Å². The third-order valence-corrected chi connectivity index (χ3v) is 4.56. The van der Waals surface area contributed by atoms with Crippen LogP contribution in [0.4, 0.5) is 16.2 Å². The van der Waals surface area contributed by atoms with Gasteiger partial charge in [0.1, 0.15) is 17.9 Å². The fourth-order valence-electron chi connectivity index (χ4n) is 3.14. The molecule has 0 bridgehead atoms. The molecule has 4 rings (SSSR count). The van der Waals surface area contributed by atoms with Crippen molar-refractivity contribution in [1.82, 2.24) is 0 Å². The molecular weight excluding hydrogens is 420 g/mol. The van der Waals surface area contributed by atoms with E-state index in [1.807, 2.05) is 0 Å². The SMILES string of the molecule is CCOC(=O)Nc1ccc2c(COC(=O)c3ccc4c(c3)OCC(=O)N4)cc(=O)oc2c1. The fourth-order valence-corrected chi connectivity index (χ4v) is 3.14. The van der Waals surface area contributed by atoms with Gasteiger partial charge in [-0.3, -0.25) is 10.1 Å². The highest BCUT2D eigenvalue weighted by Crippen LogP contribution is 2.29. The molecule has 10 heteroatoms. The molecule has 0 saturated carbocycles. The molecule has 0 radical (unpaired) electrons. The van der Waals surface area contributed by atoms with Crippen molar-refractivity contribution in [2.75, 3.05) is 23.8 Å². The summed E-state index contributed by atoms with van der Waals surface area (Å²) in [6.07, 6.45) is -0.632. The van der Waals surface area contributed by atoms with Gasteiger partial charge in [-0.25, -0.2) is 14.4 Å². The lowest BCUT2D eigenvalue weighted by Gasteiger charge is -2.18. The van der Waals surface area contributed by atoms with Crippen molar-refractivity contribution in [3.05, 3.63) is 64.0 Å². The zero-order valence-electron chi connectivity index (χ0n) is 16.9. The maximum atomic E-state index is 12.5. The lowest BCUT2D eigenvalue weighted by atomic mass is 10.1. The zero-order chi connectivity index (χ0) is 22.7. The van der Waals surface area contributed by atoms with Crippen LogP contribution in [-0.2, 0) is 20.9 Å². The Labute approximate surface area is 181 Å². The quantitative estimate of drug-likeness (QED) is 0.459. The average Bonchev–Trinajstić information content (AvgIpc) is 2.76. The topological polar surface area (TPSA) is 133 Å². The molecule has 0 saturated heterocycles. The maximum Gasteiger partial charge on any atom is 0.411 e. The number of nitrogens with one attached hydrogen (secondary N) is 2. The molecule has 2 aromatic carbocycles. The second kappa shape index (κ2) is 8.80. The van der Waals surface area contributed by atoms with Crippen LogP contribution >= 0.6 is 0 Å². The number of amides is 2. The van der Waals surface area contributed by atoms with Crippen LogP contribution in [-0.4, -0.2) is 31.2 Å². The highest BCUT2D eigenvalue weighted by Gasteiger charge is 2.19. The van der Waals surface area contributed by atoms with E-state index in [9.17, 15) is 19.2 Å². The van der Waals surface area contributed by atoms with Crippen molar-refractivity contribution in [2.45, 2.75) is 13.5 Å².